The predicted molar refractivity (Wildman–Crippen MR) is 70.5 cm³/mol. The molecule has 14 heavy (non-hydrogen) atoms. The van der Waals surface area contributed by atoms with Crippen LogP contribution in [0, 0.1) is 0 Å². The zero-order chi connectivity index (χ0) is 11.0. The third-order valence-electron chi connectivity index (χ3n) is 2.44. The van der Waals surface area contributed by atoms with Gasteiger partial charge in [0, 0.05) is 0 Å². The van der Waals surface area contributed by atoms with Crippen LogP contribution in [0.2, 0.25) is 19.6 Å². The van der Waals surface area contributed by atoms with Crippen molar-refractivity contribution in [3.63, 3.8) is 0 Å². The van der Waals surface area contributed by atoms with Crippen molar-refractivity contribution < 1.29 is 0 Å². The Morgan fingerprint density at radius 1 is 1.00 bits per heavy atom. The molecule has 0 rings (SSSR count). The van der Waals surface area contributed by atoms with Crippen LogP contribution in [0.4, 0.5) is 0 Å². The minimum absolute atomic E-state index is 0.972. The Balaban J connectivity index is 3.85. The molecule has 0 aliphatic heterocycles. The Labute approximate surface area is 91.8 Å². The van der Waals surface area contributed by atoms with Gasteiger partial charge in [0.25, 0.3) is 0 Å². The quantitative estimate of drug-likeness (QED) is 0.403. The summed E-state index contributed by atoms with van der Waals surface area (Å²) < 4.78 is 0. The molecule has 0 saturated heterocycles. The molecule has 0 aromatic rings. The standard InChI is InChI=1S/C13H28Si/c1-6-8-9-10-11-13(7-2)12-14(3,4)5/h12H,6-11H2,1-5H3/b13-12+. The summed E-state index contributed by atoms with van der Waals surface area (Å²) in [6.45, 7) is 11.8. The van der Waals surface area contributed by atoms with Crippen LogP contribution < -0.4 is 0 Å². The summed E-state index contributed by atoms with van der Waals surface area (Å²) >= 11 is 0. The SMILES string of the molecule is CCCCCC/C(=C/[Si](C)(C)C)CC. The van der Waals surface area contributed by atoms with Crippen molar-refractivity contribution in [1.29, 1.82) is 0 Å². The molecule has 1 heteroatoms. The van der Waals surface area contributed by atoms with Crippen molar-refractivity contribution in [2.75, 3.05) is 0 Å². The third-order valence-corrected chi connectivity index (χ3v) is 3.72. The summed E-state index contributed by atoms with van der Waals surface area (Å²) in [6.07, 6.45) is 8.18. The first-order chi connectivity index (χ1) is 6.49. The molecule has 0 fully saturated rings. The van der Waals surface area contributed by atoms with E-state index in [-0.39, 0.29) is 0 Å². The van der Waals surface area contributed by atoms with E-state index < -0.39 is 8.07 Å². The molecule has 0 amide bonds. The van der Waals surface area contributed by atoms with E-state index in [2.05, 4.69) is 39.2 Å². The van der Waals surface area contributed by atoms with Gasteiger partial charge in [0.05, 0.1) is 8.07 Å². The van der Waals surface area contributed by atoms with Gasteiger partial charge in [-0.2, -0.15) is 0 Å². The number of allylic oxidation sites excluding steroid dienone is 1. The minimum Gasteiger partial charge on any atom is -0.0958 e. The number of hydrogen-bond donors (Lipinski definition) is 0. The summed E-state index contributed by atoms with van der Waals surface area (Å²) in [5.41, 5.74) is 4.30. The maximum absolute atomic E-state index is 2.60. The van der Waals surface area contributed by atoms with Crippen LogP contribution in [0.5, 0.6) is 0 Å². The Morgan fingerprint density at radius 2 is 1.64 bits per heavy atom. The second kappa shape index (κ2) is 7.28. The molecule has 0 spiro atoms. The molecule has 0 heterocycles. The molecule has 0 aliphatic rings. The van der Waals surface area contributed by atoms with E-state index in [4.69, 9.17) is 0 Å². The van der Waals surface area contributed by atoms with E-state index in [1.807, 2.05) is 0 Å². The molecule has 0 aliphatic carbocycles. The van der Waals surface area contributed by atoms with Gasteiger partial charge in [0.1, 0.15) is 0 Å². The van der Waals surface area contributed by atoms with Crippen LogP contribution in [0.3, 0.4) is 0 Å². The normalized spacial score (nSPS) is 13.4. The largest absolute Gasteiger partial charge is 0.0958 e. The second-order valence-corrected chi connectivity index (χ2v) is 10.4. The van der Waals surface area contributed by atoms with E-state index in [0.717, 1.165) is 0 Å². The summed E-state index contributed by atoms with van der Waals surface area (Å²) in [4.78, 5) is 0. The molecular formula is C13H28Si. The smallest absolute Gasteiger partial charge is 0.0686 e. The molecule has 84 valence electrons. The predicted octanol–water partition coefficient (Wildman–Crippen LogP) is 5.17. The van der Waals surface area contributed by atoms with Crippen molar-refractivity contribution in [1.82, 2.24) is 0 Å². The van der Waals surface area contributed by atoms with Crippen molar-refractivity contribution in [3.8, 4) is 0 Å². The zero-order valence-electron chi connectivity index (χ0n) is 10.8. The average molecular weight is 212 g/mol. The molecule has 0 unspecified atom stereocenters. The van der Waals surface area contributed by atoms with Crippen LogP contribution in [-0.2, 0) is 0 Å². The van der Waals surface area contributed by atoms with Crippen molar-refractivity contribution in [2.24, 2.45) is 0 Å². The number of hydrogen-bond acceptors (Lipinski definition) is 0. The van der Waals surface area contributed by atoms with Crippen LogP contribution in [-0.4, -0.2) is 8.07 Å². The van der Waals surface area contributed by atoms with E-state index >= 15 is 0 Å². The number of rotatable bonds is 7. The van der Waals surface area contributed by atoms with E-state index in [0.29, 0.717) is 0 Å². The van der Waals surface area contributed by atoms with Gasteiger partial charge in [-0.15, -0.1) is 0 Å². The monoisotopic (exact) mass is 212 g/mol. The topological polar surface area (TPSA) is 0 Å². The van der Waals surface area contributed by atoms with Gasteiger partial charge in [0.15, 0.2) is 0 Å². The van der Waals surface area contributed by atoms with Gasteiger partial charge in [-0.05, 0) is 19.3 Å². The van der Waals surface area contributed by atoms with Gasteiger partial charge < -0.3 is 0 Å². The van der Waals surface area contributed by atoms with Crippen LogP contribution in [0.1, 0.15) is 52.4 Å². The lowest BCUT2D eigenvalue weighted by Gasteiger charge is -2.13. The van der Waals surface area contributed by atoms with Crippen LogP contribution >= 0.6 is 0 Å². The van der Waals surface area contributed by atoms with Gasteiger partial charge >= 0.3 is 0 Å². The summed E-state index contributed by atoms with van der Waals surface area (Å²) in [5.74, 6) is 0. The van der Waals surface area contributed by atoms with Crippen molar-refractivity contribution >= 4 is 8.07 Å². The van der Waals surface area contributed by atoms with Gasteiger partial charge in [-0.1, -0.05) is 64.0 Å². The summed E-state index contributed by atoms with van der Waals surface area (Å²) in [6, 6.07) is 0. The maximum atomic E-state index is 2.60. The Hall–Kier alpha value is -0.0431. The first kappa shape index (κ1) is 14.0. The molecule has 0 aromatic carbocycles. The first-order valence-electron chi connectivity index (χ1n) is 6.20. The highest BCUT2D eigenvalue weighted by molar-refractivity contribution is 6.81. The fraction of sp³-hybridized carbons (Fsp3) is 0.846. The Bertz CT molecular complexity index is 163. The lowest BCUT2D eigenvalue weighted by Crippen LogP contribution is -2.16. The fourth-order valence-corrected chi connectivity index (χ4v) is 3.32. The molecule has 0 bridgehead atoms. The fourth-order valence-electron chi connectivity index (χ4n) is 1.74. The van der Waals surface area contributed by atoms with E-state index in [9.17, 15) is 0 Å². The second-order valence-electron chi connectivity index (χ2n) is 5.33. The highest BCUT2D eigenvalue weighted by Crippen LogP contribution is 2.16. The van der Waals surface area contributed by atoms with E-state index in [1.54, 1.807) is 5.57 Å². The Kier molecular flexibility index (Phi) is 7.25. The average Bonchev–Trinajstić information content (AvgIpc) is 2.08. The molecule has 0 nitrogen and oxygen atoms in total. The summed E-state index contributed by atoms with van der Waals surface area (Å²) in [5, 5.41) is 0. The van der Waals surface area contributed by atoms with Crippen LogP contribution in [0.15, 0.2) is 11.3 Å². The lowest BCUT2D eigenvalue weighted by atomic mass is 10.1. The molecule has 0 aromatic heterocycles. The molecule has 0 atom stereocenters. The van der Waals surface area contributed by atoms with E-state index in [1.165, 1.54) is 38.5 Å². The van der Waals surface area contributed by atoms with Crippen molar-refractivity contribution in [3.05, 3.63) is 11.3 Å². The molecule has 0 radical (unpaired) electrons. The molecular weight excluding hydrogens is 184 g/mol. The maximum Gasteiger partial charge on any atom is 0.0686 e. The first-order valence-corrected chi connectivity index (χ1v) is 9.78. The van der Waals surface area contributed by atoms with Gasteiger partial charge in [0.2, 0.25) is 0 Å². The lowest BCUT2D eigenvalue weighted by molar-refractivity contribution is 0.658. The minimum atomic E-state index is -0.972. The highest BCUT2D eigenvalue weighted by atomic mass is 28.3. The zero-order valence-corrected chi connectivity index (χ0v) is 11.8. The highest BCUT2D eigenvalue weighted by Gasteiger charge is 2.09. The summed E-state index contributed by atoms with van der Waals surface area (Å²) in [7, 11) is -0.972. The van der Waals surface area contributed by atoms with Crippen LogP contribution in [0.25, 0.3) is 0 Å². The molecule has 0 saturated carbocycles. The van der Waals surface area contributed by atoms with Crippen molar-refractivity contribution in [2.45, 2.75) is 72.0 Å². The Morgan fingerprint density at radius 3 is 2.07 bits per heavy atom. The molecule has 0 N–H and O–H groups in total. The number of unbranched alkanes of at least 4 members (excludes halogenated alkanes) is 3. The third kappa shape index (κ3) is 8.55. The van der Waals surface area contributed by atoms with Gasteiger partial charge in [-0.3, -0.25) is 0 Å². The van der Waals surface area contributed by atoms with Gasteiger partial charge in [-0.25, -0.2) is 0 Å².